The summed E-state index contributed by atoms with van der Waals surface area (Å²) in [6.07, 6.45) is 0. The Labute approximate surface area is 96.3 Å². The Hall–Kier alpha value is -1.32. The molecule has 2 N–H and O–H groups in total. The molecule has 0 aliphatic carbocycles. The Balaban J connectivity index is 2.46. The molecular formula is C11H8ClNOS. The lowest BCUT2D eigenvalue weighted by atomic mass is 10.1. The van der Waals surface area contributed by atoms with Crippen LogP contribution in [0.5, 0.6) is 0 Å². The second-order valence-electron chi connectivity index (χ2n) is 3.05. The third kappa shape index (κ3) is 2.03. The summed E-state index contributed by atoms with van der Waals surface area (Å²) in [4.78, 5) is 12.6. The highest BCUT2D eigenvalue weighted by Crippen LogP contribution is 2.23. The number of benzene rings is 1. The van der Waals surface area contributed by atoms with E-state index in [9.17, 15) is 4.79 Å². The molecule has 0 fully saturated rings. The van der Waals surface area contributed by atoms with Crippen molar-refractivity contribution in [1.82, 2.24) is 0 Å². The van der Waals surface area contributed by atoms with Crippen LogP contribution in [-0.4, -0.2) is 5.78 Å². The van der Waals surface area contributed by atoms with E-state index in [2.05, 4.69) is 0 Å². The molecular weight excluding hydrogens is 230 g/mol. The lowest BCUT2D eigenvalue weighted by Crippen LogP contribution is -2.00. The van der Waals surface area contributed by atoms with Crippen molar-refractivity contribution in [1.29, 1.82) is 0 Å². The molecule has 15 heavy (non-hydrogen) atoms. The van der Waals surface area contributed by atoms with Crippen LogP contribution < -0.4 is 5.73 Å². The van der Waals surface area contributed by atoms with Crippen molar-refractivity contribution < 1.29 is 4.79 Å². The molecule has 1 aromatic heterocycles. The second kappa shape index (κ2) is 4.04. The van der Waals surface area contributed by atoms with Crippen LogP contribution in [0.3, 0.4) is 0 Å². The summed E-state index contributed by atoms with van der Waals surface area (Å²) in [6.45, 7) is 0. The van der Waals surface area contributed by atoms with Crippen LogP contribution in [-0.2, 0) is 0 Å². The Morgan fingerprint density at radius 2 is 2.13 bits per heavy atom. The van der Waals surface area contributed by atoms with Crippen LogP contribution in [0.2, 0.25) is 5.02 Å². The van der Waals surface area contributed by atoms with E-state index in [0.717, 1.165) is 0 Å². The van der Waals surface area contributed by atoms with Crippen molar-refractivity contribution in [3.05, 3.63) is 51.2 Å². The zero-order valence-electron chi connectivity index (χ0n) is 7.74. The van der Waals surface area contributed by atoms with Gasteiger partial charge in [-0.15, -0.1) is 11.3 Å². The Morgan fingerprint density at radius 3 is 2.80 bits per heavy atom. The third-order valence-electron chi connectivity index (χ3n) is 1.98. The van der Waals surface area contributed by atoms with Crippen molar-refractivity contribution >= 4 is 34.4 Å². The number of thiophene rings is 1. The lowest BCUT2D eigenvalue weighted by molar-refractivity contribution is 0.104. The molecule has 0 saturated heterocycles. The van der Waals surface area contributed by atoms with Crippen LogP contribution in [0.4, 0.5) is 5.69 Å². The maximum Gasteiger partial charge on any atom is 0.204 e. The number of ketones is 1. The monoisotopic (exact) mass is 237 g/mol. The van der Waals surface area contributed by atoms with Crippen molar-refractivity contribution in [2.45, 2.75) is 0 Å². The van der Waals surface area contributed by atoms with Gasteiger partial charge in [-0.1, -0.05) is 17.7 Å². The molecule has 4 heteroatoms. The van der Waals surface area contributed by atoms with E-state index in [0.29, 0.717) is 21.2 Å². The number of halogens is 1. The average Bonchev–Trinajstić information content (AvgIpc) is 2.74. The first-order chi connectivity index (χ1) is 7.18. The van der Waals surface area contributed by atoms with Gasteiger partial charge < -0.3 is 5.73 Å². The first-order valence-electron chi connectivity index (χ1n) is 4.31. The predicted octanol–water partition coefficient (Wildman–Crippen LogP) is 3.21. The minimum Gasteiger partial charge on any atom is -0.399 e. The number of rotatable bonds is 2. The van der Waals surface area contributed by atoms with E-state index in [1.807, 2.05) is 11.4 Å². The Kier molecular flexibility index (Phi) is 2.75. The summed E-state index contributed by atoms with van der Waals surface area (Å²) in [5.41, 5.74) is 6.61. The molecule has 0 aliphatic rings. The van der Waals surface area contributed by atoms with Gasteiger partial charge in [0.2, 0.25) is 5.78 Å². The normalized spacial score (nSPS) is 10.2. The van der Waals surface area contributed by atoms with Crippen LogP contribution in [0.15, 0.2) is 35.7 Å². The molecule has 1 aromatic carbocycles. The van der Waals surface area contributed by atoms with Gasteiger partial charge in [-0.05, 0) is 29.6 Å². The Morgan fingerprint density at radius 1 is 1.33 bits per heavy atom. The van der Waals surface area contributed by atoms with E-state index in [1.54, 1.807) is 24.3 Å². The zero-order chi connectivity index (χ0) is 10.8. The number of nitrogens with two attached hydrogens (primary N) is 1. The summed E-state index contributed by atoms with van der Waals surface area (Å²) in [5.74, 6) is -0.0812. The van der Waals surface area contributed by atoms with Crippen LogP contribution >= 0.6 is 22.9 Å². The van der Waals surface area contributed by atoms with Gasteiger partial charge in [0.1, 0.15) is 0 Å². The molecule has 2 nitrogen and oxygen atoms in total. The summed E-state index contributed by atoms with van der Waals surface area (Å²) in [5, 5.41) is 2.29. The van der Waals surface area contributed by atoms with E-state index in [-0.39, 0.29) is 5.78 Å². The van der Waals surface area contributed by atoms with Gasteiger partial charge in [-0.2, -0.15) is 0 Å². The summed E-state index contributed by atoms with van der Waals surface area (Å²) in [6, 6.07) is 8.51. The average molecular weight is 238 g/mol. The van der Waals surface area contributed by atoms with Crippen LogP contribution in [0.1, 0.15) is 15.2 Å². The first-order valence-corrected chi connectivity index (χ1v) is 5.57. The van der Waals surface area contributed by atoms with E-state index in [4.69, 9.17) is 17.3 Å². The highest BCUT2D eigenvalue weighted by atomic mass is 35.5. The van der Waals surface area contributed by atoms with Gasteiger partial charge in [0.05, 0.1) is 9.90 Å². The fraction of sp³-hybridized carbons (Fsp3) is 0. The van der Waals surface area contributed by atoms with Crippen molar-refractivity contribution in [3.63, 3.8) is 0 Å². The number of carbonyl (C=O) groups excluding carboxylic acids is 1. The fourth-order valence-electron chi connectivity index (χ4n) is 1.26. The predicted molar refractivity (Wildman–Crippen MR) is 63.6 cm³/mol. The highest BCUT2D eigenvalue weighted by Gasteiger charge is 2.13. The standard InChI is InChI=1S/C11H8ClNOS/c12-9-4-3-7(13)6-8(9)11(14)10-2-1-5-15-10/h1-6H,13H2. The van der Waals surface area contributed by atoms with Crippen LogP contribution in [0, 0.1) is 0 Å². The largest absolute Gasteiger partial charge is 0.399 e. The fourth-order valence-corrected chi connectivity index (χ4v) is 2.14. The van der Waals surface area contributed by atoms with Crippen molar-refractivity contribution in [2.24, 2.45) is 0 Å². The van der Waals surface area contributed by atoms with Crippen molar-refractivity contribution in [3.8, 4) is 0 Å². The first kappa shape index (κ1) is 10.2. The van der Waals surface area contributed by atoms with E-state index in [1.165, 1.54) is 11.3 Å². The van der Waals surface area contributed by atoms with Gasteiger partial charge in [0.15, 0.2) is 0 Å². The number of nitrogen functional groups attached to an aromatic ring is 1. The highest BCUT2D eigenvalue weighted by molar-refractivity contribution is 7.12. The summed E-state index contributed by atoms with van der Waals surface area (Å²) < 4.78 is 0. The molecule has 2 aromatic rings. The lowest BCUT2D eigenvalue weighted by Gasteiger charge is -2.02. The van der Waals surface area contributed by atoms with E-state index >= 15 is 0 Å². The number of anilines is 1. The Bertz CT molecular complexity index is 493. The molecule has 0 aliphatic heterocycles. The minimum atomic E-state index is -0.0812. The zero-order valence-corrected chi connectivity index (χ0v) is 9.31. The van der Waals surface area contributed by atoms with Crippen molar-refractivity contribution in [2.75, 3.05) is 5.73 Å². The van der Waals surface area contributed by atoms with E-state index < -0.39 is 0 Å². The third-order valence-corrected chi connectivity index (χ3v) is 3.18. The molecule has 0 amide bonds. The smallest absolute Gasteiger partial charge is 0.204 e. The van der Waals surface area contributed by atoms with Gasteiger partial charge in [0.25, 0.3) is 0 Å². The molecule has 0 saturated carbocycles. The number of carbonyl (C=O) groups is 1. The van der Waals surface area contributed by atoms with Gasteiger partial charge >= 0.3 is 0 Å². The minimum absolute atomic E-state index is 0.0812. The molecule has 1 heterocycles. The maximum atomic E-state index is 12.0. The molecule has 0 atom stereocenters. The molecule has 0 radical (unpaired) electrons. The maximum absolute atomic E-state index is 12.0. The molecule has 2 rings (SSSR count). The molecule has 0 bridgehead atoms. The van der Waals surface area contributed by atoms with Gasteiger partial charge in [-0.3, -0.25) is 4.79 Å². The van der Waals surface area contributed by atoms with Gasteiger partial charge in [0, 0.05) is 11.3 Å². The molecule has 0 unspecified atom stereocenters. The summed E-state index contributed by atoms with van der Waals surface area (Å²) >= 11 is 7.33. The topological polar surface area (TPSA) is 43.1 Å². The SMILES string of the molecule is Nc1ccc(Cl)c(C(=O)c2cccs2)c1. The molecule has 0 spiro atoms. The second-order valence-corrected chi connectivity index (χ2v) is 4.40. The number of hydrogen-bond acceptors (Lipinski definition) is 3. The molecule has 76 valence electrons. The van der Waals surface area contributed by atoms with Crippen LogP contribution in [0.25, 0.3) is 0 Å². The summed E-state index contributed by atoms with van der Waals surface area (Å²) in [7, 11) is 0. The number of hydrogen-bond donors (Lipinski definition) is 1. The quantitative estimate of drug-likeness (QED) is 0.644. The van der Waals surface area contributed by atoms with Gasteiger partial charge in [-0.25, -0.2) is 0 Å².